The first-order valence-electron chi connectivity index (χ1n) is 7.80. The van der Waals surface area contributed by atoms with Gasteiger partial charge in [-0.3, -0.25) is 9.69 Å². The molecule has 1 amide bonds. The van der Waals surface area contributed by atoms with E-state index in [9.17, 15) is 9.90 Å². The number of hydrogen-bond donors (Lipinski definition) is 2. The average Bonchev–Trinajstić information content (AvgIpc) is 2.53. The number of nitrogens with zero attached hydrogens (tertiary/aromatic N) is 2. The van der Waals surface area contributed by atoms with E-state index < -0.39 is 0 Å². The second-order valence-corrected chi connectivity index (χ2v) is 5.82. The summed E-state index contributed by atoms with van der Waals surface area (Å²) in [5, 5.41) is 13.2. The van der Waals surface area contributed by atoms with Crippen molar-refractivity contribution in [1.82, 2.24) is 15.1 Å². The highest BCUT2D eigenvalue weighted by Gasteiger charge is 2.31. The van der Waals surface area contributed by atoms with Gasteiger partial charge in [-0.25, -0.2) is 0 Å². The molecule has 1 aliphatic heterocycles. The number of carbonyl (C=O) groups is 1. The van der Waals surface area contributed by atoms with Crippen LogP contribution >= 0.6 is 11.6 Å². The van der Waals surface area contributed by atoms with E-state index >= 15 is 0 Å². The average molecular weight is 326 g/mol. The Kier molecular flexibility index (Phi) is 6.06. The maximum Gasteiger partial charge on any atom is 0.244 e. The van der Waals surface area contributed by atoms with E-state index in [4.69, 9.17) is 11.6 Å². The Hall–Kier alpha value is -1.30. The molecule has 2 N–H and O–H groups in total. The molecule has 0 bridgehead atoms. The van der Waals surface area contributed by atoms with Crippen LogP contribution in [0.25, 0.3) is 0 Å². The summed E-state index contributed by atoms with van der Waals surface area (Å²) in [6.07, 6.45) is 0. The molecule has 1 atom stereocenters. The fraction of sp³-hybridized carbons (Fsp3) is 0.562. The highest BCUT2D eigenvalue weighted by molar-refractivity contribution is 6.32. The number of rotatable bonds is 5. The highest BCUT2D eigenvalue weighted by Crippen LogP contribution is 2.30. The molecule has 2 rings (SSSR count). The quantitative estimate of drug-likeness (QED) is 0.867. The third-order valence-electron chi connectivity index (χ3n) is 4.11. The lowest BCUT2D eigenvalue weighted by molar-refractivity contribution is -0.137. The predicted octanol–water partition coefficient (Wildman–Crippen LogP) is 1.86. The SMILES string of the molecule is CCN(CC)C(=O)C(c1ccc(O)c(Cl)c1)N1CCNCC1. The van der Waals surface area contributed by atoms with Gasteiger partial charge in [0.25, 0.3) is 0 Å². The molecule has 0 spiro atoms. The van der Waals surface area contributed by atoms with Crippen LogP contribution in [0.1, 0.15) is 25.5 Å². The molecular formula is C16H24ClN3O2. The van der Waals surface area contributed by atoms with E-state index in [1.54, 1.807) is 18.2 Å². The van der Waals surface area contributed by atoms with Crippen molar-refractivity contribution in [2.45, 2.75) is 19.9 Å². The van der Waals surface area contributed by atoms with Crippen LogP contribution in [0, 0.1) is 0 Å². The van der Waals surface area contributed by atoms with Gasteiger partial charge in [0, 0.05) is 39.3 Å². The highest BCUT2D eigenvalue weighted by atomic mass is 35.5. The Morgan fingerprint density at radius 1 is 1.36 bits per heavy atom. The molecule has 6 heteroatoms. The lowest BCUT2D eigenvalue weighted by Crippen LogP contribution is -2.50. The number of phenolic OH excluding ortho intramolecular Hbond substituents is 1. The van der Waals surface area contributed by atoms with E-state index in [1.165, 1.54) is 0 Å². The summed E-state index contributed by atoms with van der Waals surface area (Å²) in [5.41, 5.74) is 0.835. The second kappa shape index (κ2) is 7.81. The number of phenols is 1. The first-order valence-corrected chi connectivity index (χ1v) is 8.18. The van der Waals surface area contributed by atoms with E-state index in [1.807, 2.05) is 18.7 Å². The van der Waals surface area contributed by atoms with Gasteiger partial charge in [-0.15, -0.1) is 0 Å². The largest absolute Gasteiger partial charge is 0.506 e. The summed E-state index contributed by atoms with van der Waals surface area (Å²) >= 11 is 6.04. The fourth-order valence-corrected chi connectivity index (χ4v) is 3.04. The van der Waals surface area contributed by atoms with Crippen LogP contribution in [0.5, 0.6) is 5.75 Å². The molecule has 1 aliphatic rings. The molecule has 1 unspecified atom stereocenters. The minimum atomic E-state index is -0.347. The van der Waals surface area contributed by atoms with Gasteiger partial charge in [-0.1, -0.05) is 17.7 Å². The van der Waals surface area contributed by atoms with Gasteiger partial charge in [-0.2, -0.15) is 0 Å². The van der Waals surface area contributed by atoms with Gasteiger partial charge in [0.2, 0.25) is 5.91 Å². The molecule has 0 saturated carbocycles. The zero-order chi connectivity index (χ0) is 16.1. The molecule has 22 heavy (non-hydrogen) atoms. The zero-order valence-electron chi connectivity index (χ0n) is 13.2. The smallest absolute Gasteiger partial charge is 0.244 e. The van der Waals surface area contributed by atoms with Gasteiger partial charge >= 0.3 is 0 Å². The number of halogens is 1. The molecule has 0 aliphatic carbocycles. The summed E-state index contributed by atoms with van der Waals surface area (Å²) in [6, 6.07) is 4.70. The van der Waals surface area contributed by atoms with Gasteiger partial charge in [0.1, 0.15) is 11.8 Å². The standard InChI is InChI=1S/C16H24ClN3O2/c1-3-19(4-2)16(22)15(20-9-7-18-8-10-20)12-5-6-14(21)13(17)11-12/h5-6,11,15,18,21H,3-4,7-10H2,1-2H3. The number of piperazine rings is 1. The van der Waals surface area contributed by atoms with Gasteiger partial charge < -0.3 is 15.3 Å². The molecule has 0 radical (unpaired) electrons. The Bertz CT molecular complexity index is 514. The van der Waals surface area contributed by atoms with Crippen LogP contribution in [0.2, 0.25) is 5.02 Å². The van der Waals surface area contributed by atoms with Gasteiger partial charge in [0.15, 0.2) is 0 Å². The minimum Gasteiger partial charge on any atom is -0.506 e. The number of aromatic hydroxyl groups is 1. The maximum atomic E-state index is 13.0. The molecule has 5 nitrogen and oxygen atoms in total. The molecule has 1 fully saturated rings. The topological polar surface area (TPSA) is 55.8 Å². The van der Waals surface area contributed by atoms with E-state index in [2.05, 4.69) is 10.2 Å². The number of nitrogens with one attached hydrogen (secondary N) is 1. The molecular weight excluding hydrogens is 302 g/mol. The van der Waals surface area contributed by atoms with Crippen molar-refractivity contribution in [3.63, 3.8) is 0 Å². The predicted molar refractivity (Wildman–Crippen MR) is 88.2 cm³/mol. The van der Waals surface area contributed by atoms with Gasteiger partial charge in [-0.05, 0) is 31.5 Å². The number of amides is 1. The molecule has 1 aromatic carbocycles. The lowest BCUT2D eigenvalue weighted by Gasteiger charge is -2.36. The van der Waals surface area contributed by atoms with E-state index in [0.717, 1.165) is 31.7 Å². The van der Waals surface area contributed by atoms with Crippen LogP contribution in [-0.4, -0.2) is 60.1 Å². The normalized spacial score (nSPS) is 17.2. The first kappa shape index (κ1) is 17.1. The number of carbonyl (C=O) groups excluding carboxylic acids is 1. The first-order chi connectivity index (χ1) is 10.6. The Labute approximate surface area is 136 Å². The maximum absolute atomic E-state index is 13.0. The molecule has 1 saturated heterocycles. The third-order valence-corrected chi connectivity index (χ3v) is 4.42. The summed E-state index contributed by atoms with van der Waals surface area (Å²) in [5.74, 6) is 0.133. The van der Waals surface area contributed by atoms with E-state index in [0.29, 0.717) is 13.1 Å². The monoisotopic (exact) mass is 325 g/mol. The number of likely N-dealkylation sites (N-methyl/N-ethyl adjacent to an activating group) is 1. The Balaban J connectivity index is 2.35. The summed E-state index contributed by atoms with van der Waals surface area (Å²) in [6.45, 7) is 8.71. The van der Waals surface area contributed by atoms with Crippen LogP contribution in [-0.2, 0) is 4.79 Å². The van der Waals surface area contributed by atoms with Crippen molar-refractivity contribution >= 4 is 17.5 Å². The van der Waals surface area contributed by atoms with Crippen molar-refractivity contribution in [2.75, 3.05) is 39.3 Å². The second-order valence-electron chi connectivity index (χ2n) is 5.41. The van der Waals surface area contributed by atoms with Crippen LogP contribution < -0.4 is 5.32 Å². The van der Waals surface area contributed by atoms with Crippen molar-refractivity contribution in [1.29, 1.82) is 0 Å². The molecule has 1 heterocycles. The number of hydrogen-bond acceptors (Lipinski definition) is 4. The molecule has 122 valence electrons. The summed E-state index contributed by atoms with van der Waals surface area (Å²) < 4.78 is 0. The Morgan fingerprint density at radius 3 is 2.55 bits per heavy atom. The van der Waals surface area contributed by atoms with Crippen LogP contribution in [0.4, 0.5) is 0 Å². The molecule has 0 aromatic heterocycles. The third kappa shape index (κ3) is 3.72. The lowest BCUT2D eigenvalue weighted by atomic mass is 10.0. The van der Waals surface area contributed by atoms with Crippen molar-refractivity contribution < 1.29 is 9.90 Å². The summed E-state index contributed by atoms with van der Waals surface area (Å²) in [7, 11) is 0. The summed E-state index contributed by atoms with van der Waals surface area (Å²) in [4.78, 5) is 17.0. The van der Waals surface area contributed by atoms with Crippen LogP contribution in [0.3, 0.4) is 0 Å². The van der Waals surface area contributed by atoms with E-state index in [-0.39, 0.29) is 22.7 Å². The van der Waals surface area contributed by atoms with Crippen LogP contribution in [0.15, 0.2) is 18.2 Å². The van der Waals surface area contributed by atoms with Crippen molar-refractivity contribution in [2.24, 2.45) is 0 Å². The van der Waals surface area contributed by atoms with Crippen molar-refractivity contribution in [3.05, 3.63) is 28.8 Å². The number of benzene rings is 1. The van der Waals surface area contributed by atoms with Crippen molar-refractivity contribution in [3.8, 4) is 5.75 Å². The van der Waals surface area contributed by atoms with Gasteiger partial charge in [0.05, 0.1) is 5.02 Å². The zero-order valence-corrected chi connectivity index (χ0v) is 13.9. The minimum absolute atomic E-state index is 0.0414. The molecule has 1 aromatic rings. The fourth-order valence-electron chi connectivity index (χ4n) is 2.85. The Morgan fingerprint density at radius 2 is 2.00 bits per heavy atom.